The molecule has 2 N–H and O–H groups in total. The first kappa shape index (κ1) is 16.9. The fraction of sp³-hybridized carbons (Fsp3) is 0.667. The van der Waals surface area contributed by atoms with Crippen molar-refractivity contribution in [1.82, 2.24) is 10.3 Å². The molecule has 1 heterocycles. The lowest BCUT2D eigenvalue weighted by atomic mass is 10.1. The molecule has 5 nitrogen and oxygen atoms in total. The molecule has 0 bridgehead atoms. The fourth-order valence-electron chi connectivity index (χ4n) is 1.92. The summed E-state index contributed by atoms with van der Waals surface area (Å²) in [5, 5.41) is 13.3. The molecule has 0 aliphatic rings. The number of hydrogen-bond acceptors (Lipinski definition) is 5. The molecule has 0 aliphatic carbocycles. The van der Waals surface area contributed by atoms with Gasteiger partial charge in [0, 0.05) is 44.5 Å². The molecule has 0 saturated carbocycles. The Balaban J connectivity index is 2.73. The van der Waals surface area contributed by atoms with Crippen molar-refractivity contribution in [3.63, 3.8) is 0 Å². The van der Waals surface area contributed by atoms with E-state index in [4.69, 9.17) is 4.74 Å². The Kier molecular flexibility index (Phi) is 6.39. The van der Waals surface area contributed by atoms with Gasteiger partial charge in [0.2, 0.25) is 0 Å². The van der Waals surface area contributed by atoms with Crippen LogP contribution in [-0.2, 0) is 11.3 Å². The van der Waals surface area contributed by atoms with Crippen LogP contribution in [0.2, 0.25) is 0 Å². The van der Waals surface area contributed by atoms with Crippen molar-refractivity contribution >= 4 is 5.82 Å². The molecule has 0 amide bonds. The highest BCUT2D eigenvalue weighted by atomic mass is 16.5. The van der Waals surface area contributed by atoms with Crippen LogP contribution in [0.25, 0.3) is 0 Å². The normalized spacial score (nSPS) is 13.3. The van der Waals surface area contributed by atoms with Gasteiger partial charge < -0.3 is 20.1 Å². The Morgan fingerprint density at radius 2 is 2.15 bits per heavy atom. The average molecular weight is 281 g/mol. The molecule has 0 aromatic carbocycles. The van der Waals surface area contributed by atoms with Gasteiger partial charge in [0.15, 0.2) is 0 Å². The van der Waals surface area contributed by atoms with Crippen LogP contribution in [0.3, 0.4) is 0 Å². The van der Waals surface area contributed by atoms with Crippen LogP contribution in [0.1, 0.15) is 26.3 Å². The Labute approximate surface area is 122 Å². The molecule has 0 aliphatic heterocycles. The number of likely N-dealkylation sites (N-methyl/N-ethyl adjacent to an activating group) is 1. The van der Waals surface area contributed by atoms with E-state index in [1.165, 1.54) is 0 Å². The molecule has 1 atom stereocenters. The van der Waals surface area contributed by atoms with Crippen LogP contribution in [0, 0.1) is 0 Å². The van der Waals surface area contributed by atoms with Crippen LogP contribution in [-0.4, -0.2) is 49.0 Å². The highest BCUT2D eigenvalue weighted by molar-refractivity contribution is 5.46. The van der Waals surface area contributed by atoms with Crippen LogP contribution in [0.4, 0.5) is 5.82 Å². The van der Waals surface area contributed by atoms with Crippen molar-refractivity contribution in [3.8, 4) is 0 Å². The molecule has 1 aromatic rings. The van der Waals surface area contributed by atoms with E-state index < -0.39 is 6.10 Å². The first-order valence-corrected chi connectivity index (χ1v) is 6.90. The van der Waals surface area contributed by atoms with E-state index in [-0.39, 0.29) is 5.54 Å². The minimum atomic E-state index is -0.518. The van der Waals surface area contributed by atoms with Crippen molar-refractivity contribution in [1.29, 1.82) is 0 Å². The zero-order valence-corrected chi connectivity index (χ0v) is 13.2. The second-order valence-electron chi connectivity index (χ2n) is 6.08. The van der Waals surface area contributed by atoms with E-state index in [0.29, 0.717) is 13.2 Å². The molecule has 0 fully saturated rings. The molecule has 1 aromatic heterocycles. The molecule has 0 saturated heterocycles. The van der Waals surface area contributed by atoms with Gasteiger partial charge in [-0.1, -0.05) is 6.07 Å². The predicted octanol–water partition coefficient (Wildman–Crippen LogP) is 1.41. The number of methoxy groups -OCH3 is 1. The number of aliphatic hydroxyl groups excluding tert-OH is 1. The smallest absolute Gasteiger partial charge is 0.132 e. The maximum Gasteiger partial charge on any atom is 0.132 e. The van der Waals surface area contributed by atoms with Crippen LogP contribution in [0.15, 0.2) is 18.3 Å². The lowest BCUT2D eigenvalue weighted by Gasteiger charge is -2.26. The number of aliphatic hydroxyl groups is 1. The Bertz CT molecular complexity index is 404. The van der Waals surface area contributed by atoms with Crippen LogP contribution < -0.4 is 10.2 Å². The summed E-state index contributed by atoms with van der Waals surface area (Å²) >= 11 is 0. The summed E-state index contributed by atoms with van der Waals surface area (Å²) < 4.78 is 4.95. The van der Waals surface area contributed by atoms with E-state index in [1.54, 1.807) is 13.3 Å². The van der Waals surface area contributed by atoms with Crippen LogP contribution in [0.5, 0.6) is 0 Å². The number of anilines is 1. The molecular formula is C15H27N3O2. The van der Waals surface area contributed by atoms with Crippen molar-refractivity contribution in [3.05, 3.63) is 23.9 Å². The minimum absolute atomic E-state index is 0.0568. The van der Waals surface area contributed by atoms with Gasteiger partial charge in [0.05, 0.1) is 12.7 Å². The van der Waals surface area contributed by atoms with E-state index in [2.05, 4.69) is 37.1 Å². The maximum atomic E-state index is 9.82. The molecule has 114 valence electrons. The molecule has 0 spiro atoms. The van der Waals surface area contributed by atoms with Gasteiger partial charge in [-0.2, -0.15) is 0 Å². The standard InChI is InChI=1S/C15H27N3O2/c1-15(2,3)17-9-12-7-6-8-16-14(12)18(4)10-13(19)11-20-5/h6-8,13,17,19H,9-11H2,1-5H3. The van der Waals surface area contributed by atoms with Crippen molar-refractivity contribution in [2.24, 2.45) is 0 Å². The SMILES string of the molecule is COCC(O)CN(C)c1ncccc1CNC(C)(C)C. The van der Waals surface area contributed by atoms with Gasteiger partial charge in [0.1, 0.15) is 5.82 Å². The summed E-state index contributed by atoms with van der Waals surface area (Å²) in [5.41, 5.74) is 1.18. The van der Waals surface area contributed by atoms with Gasteiger partial charge in [-0.05, 0) is 26.8 Å². The van der Waals surface area contributed by atoms with Gasteiger partial charge in [0.25, 0.3) is 0 Å². The molecular weight excluding hydrogens is 254 g/mol. The topological polar surface area (TPSA) is 57.6 Å². The summed E-state index contributed by atoms with van der Waals surface area (Å²) in [6.45, 7) is 7.97. The summed E-state index contributed by atoms with van der Waals surface area (Å²) in [4.78, 5) is 6.39. The quantitative estimate of drug-likeness (QED) is 0.791. The number of nitrogens with one attached hydrogen (secondary N) is 1. The third-order valence-corrected chi connectivity index (χ3v) is 2.88. The van der Waals surface area contributed by atoms with Gasteiger partial charge in [-0.3, -0.25) is 0 Å². The Hall–Kier alpha value is -1.17. The molecule has 20 heavy (non-hydrogen) atoms. The zero-order valence-electron chi connectivity index (χ0n) is 13.2. The lowest BCUT2D eigenvalue weighted by Crippen LogP contribution is -2.37. The lowest BCUT2D eigenvalue weighted by molar-refractivity contribution is 0.0694. The summed E-state index contributed by atoms with van der Waals surface area (Å²) in [6.07, 6.45) is 1.25. The monoisotopic (exact) mass is 281 g/mol. The van der Waals surface area contributed by atoms with Crippen LogP contribution >= 0.6 is 0 Å². The largest absolute Gasteiger partial charge is 0.389 e. The average Bonchev–Trinajstić information content (AvgIpc) is 2.36. The zero-order chi connectivity index (χ0) is 15.2. The second kappa shape index (κ2) is 7.57. The maximum absolute atomic E-state index is 9.82. The summed E-state index contributed by atoms with van der Waals surface area (Å²) in [5.74, 6) is 0.888. The first-order valence-electron chi connectivity index (χ1n) is 6.90. The molecule has 1 unspecified atom stereocenters. The van der Waals surface area contributed by atoms with E-state index >= 15 is 0 Å². The van der Waals surface area contributed by atoms with Gasteiger partial charge in [-0.25, -0.2) is 4.98 Å². The van der Waals surface area contributed by atoms with Gasteiger partial charge >= 0.3 is 0 Å². The first-order chi connectivity index (χ1) is 9.33. The van der Waals surface area contributed by atoms with E-state index in [0.717, 1.165) is 17.9 Å². The highest BCUT2D eigenvalue weighted by Gasteiger charge is 2.15. The third-order valence-electron chi connectivity index (χ3n) is 2.88. The minimum Gasteiger partial charge on any atom is -0.389 e. The number of nitrogens with zero attached hydrogens (tertiary/aromatic N) is 2. The number of ether oxygens (including phenoxy) is 1. The predicted molar refractivity (Wildman–Crippen MR) is 82.0 cm³/mol. The number of rotatable bonds is 7. The molecule has 0 radical (unpaired) electrons. The Morgan fingerprint density at radius 1 is 1.45 bits per heavy atom. The third kappa shape index (κ3) is 5.86. The second-order valence-corrected chi connectivity index (χ2v) is 6.08. The van der Waals surface area contributed by atoms with E-state index in [9.17, 15) is 5.11 Å². The Morgan fingerprint density at radius 3 is 2.75 bits per heavy atom. The highest BCUT2D eigenvalue weighted by Crippen LogP contribution is 2.17. The fourth-order valence-corrected chi connectivity index (χ4v) is 1.92. The number of pyridine rings is 1. The molecule has 5 heteroatoms. The number of aromatic nitrogens is 1. The summed E-state index contributed by atoms with van der Waals surface area (Å²) in [6, 6.07) is 3.99. The van der Waals surface area contributed by atoms with E-state index in [1.807, 2.05) is 18.0 Å². The van der Waals surface area contributed by atoms with Crippen molar-refractivity contribution in [2.45, 2.75) is 39.0 Å². The van der Waals surface area contributed by atoms with Crippen molar-refractivity contribution < 1.29 is 9.84 Å². The number of hydrogen-bond donors (Lipinski definition) is 2. The molecule has 1 rings (SSSR count). The van der Waals surface area contributed by atoms with Gasteiger partial charge in [-0.15, -0.1) is 0 Å². The summed E-state index contributed by atoms with van der Waals surface area (Å²) in [7, 11) is 3.52. The van der Waals surface area contributed by atoms with Crippen molar-refractivity contribution in [2.75, 3.05) is 32.2 Å².